The van der Waals surface area contributed by atoms with Crippen LogP contribution in [0.5, 0.6) is 0 Å². The van der Waals surface area contributed by atoms with E-state index in [2.05, 4.69) is 16.0 Å². The number of para-hydroxylation sites is 1. The largest absolute Gasteiger partial charge is 0.450 e. The van der Waals surface area contributed by atoms with Gasteiger partial charge in [0.05, 0.1) is 17.3 Å². The molecule has 0 aliphatic heterocycles. The van der Waals surface area contributed by atoms with E-state index in [0.29, 0.717) is 23.0 Å². The van der Waals surface area contributed by atoms with Crippen LogP contribution in [0.2, 0.25) is 5.02 Å². The minimum atomic E-state index is -0.516. The van der Waals surface area contributed by atoms with Gasteiger partial charge in [0, 0.05) is 11.4 Å². The second-order valence-corrected chi connectivity index (χ2v) is 6.07. The average molecular weight is 376 g/mol. The van der Waals surface area contributed by atoms with Crippen LogP contribution in [0.1, 0.15) is 19.4 Å². The lowest BCUT2D eigenvalue weighted by Crippen LogP contribution is -2.32. The summed E-state index contributed by atoms with van der Waals surface area (Å²) in [6.07, 6.45) is -0.516. The first-order valence-electron chi connectivity index (χ1n) is 8.27. The van der Waals surface area contributed by atoms with Crippen LogP contribution in [-0.4, -0.2) is 24.6 Å². The fourth-order valence-electron chi connectivity index (χ4n) is 2.31. The van der Waals surface area contributed by atoms with Gasteiger partial charge in [0.25, 0.3) is 0 Å². The smallest absolute Gasteiger partial charge is 0.411 e. The number of benzene rings is 2. The fraction of sp³-hybridized carbons (Fsp3) is 0.263. The second-order valence-electron chi connectivity index (χ2n) is 5.66. The van der Waals surface area contributed by atoms with Gasteiger partial charge in [0.1, 0.15) is 6.04 Å². The third-order valence-corrected chi connectivity index (χ3v) is 4.07. The maximum atomic E-state index is 12.4. The van der Waals surface area contributed by atoms with Crippen LogP contribution in [0.3, 0.4) is 0 Å². The van der Waals surface area contributed by atoms with E-state index < -0.39 is 12.1 Å². The Kier molecular flexibility index (Phi) is 6.86. The Morgan fingerprint density at radius 1 is 1.04 bits per heavy atom. The molecule has 2 rings (SSSR count). The SMILES string of the molecule is CCOC(=O)Nc1cccc(NC(C)C(=O)Nc2ccccc2Cl)c1C. The zero-order valence-corrected chi connectivity index (χ0v) is 15.7. The number of rotatable bonds is 6. The third kappa shape index (κ3) is 5.13. The van der Waals surface area contributed by atoms with Gasteiger partial charge in [-0.1, -0.05) is 29.8 Å². The molecule has 0 aliphatic carbocycles. The third-order valence-electron chi connectivity index (χ3n) is 3.74. The summed E-state index contributed by atoms with van der Waals surface area (Å²) in [5.74, 6) is -0.221. The number of carbonyl (C=O) groups excluding carboxylic acids is 2. The maximum absolute atomic E-state index is 12.4. The fourth-order valence-corrected chi connectivity index (χ4v) is 2.49. The zero-order chi connectivity index (χ0) is 19.1. The minimum absolute atomic E-state index is 0.221. The van der Waals surface area contributed by atoms with Crippen LogP contribution < -0.4 is 16.0 Å². The molecule has 0 saturated heterocycles. The molecule has 7 heteroatoms. The first kappa shape index (κ1) is 19.6. The summed E-state index contributed by atoms with van der Waals surface area (Å²) in [5, 5.41) is 9.10. The molecule has 0 radical (unpaired) electrons. The van der Waals surface area contributed by atoms with Crippen molar-refractivity contribution in [2.24, 2.45) is 0 Å². The monoisotopic (exact) mass is 375 g/mol. The van der Waals surface area contributed by atoms with E-state index in [1.165, 1.54) is 0 Å². The van der Waals surface area contributed by atoms with E-state index in [4.69, 9.17) is 16.3 Å². The number of carbonyl (C=O) groups is 2. The van der Waals surface area contributed by atoms with Crippen molar-refractivity contribution >= 4 is 40.7 Å². The molecule has 1 atom stereocenters. The van der Waals surface area contributed by atoms with Gasteiger partial charge in [-0.2, -0.15) is 0 Å². The van der Waals surface area contributed by atoms with Crippen molar-refractivity contribution in [3.63, 3.8) is 0 Å². The predicted octanol–water partition coefficient (Wildman–Crippen LogP) is 4.66. The molecule has 0 heterocycles. The Labute approximate surface area is 157 Å². The summed E-state index contributed by atoms with van der Waals surface area (Å²) in [5.41, 5.74) is 2.72. The van der Waals surface area contributed by atoms with E-state index in [-0.39, 0.29) is 5.91 Å². The van der Waals surface area contributed by atoms with Gasteiger partial charge in [-0.25, -0.2) is 4.79 Å². The van der Waals surface area contributed by atoms with E-state index in [0.717, 1.165) is 11.3 Å². The molecule has 138 valence electrons. The highest BCUT2D eigenvalue weighted by Crippen LogP contribution is 2.25. The first-order valence-corrected chi connectivity index (χ1v) is 8.65. The van der Waals surface area contributed by atoms with E-state index in [1.807, 2.05) is 13.0 Å². The van der Waals surface area contributed by atoms with Crippen molar-refractivity contribution < 1.29 is 14.3 Å². The molecule has 2 aromatic rings. The molecule has 3 N–H and O–H groups in total. The van der Waals surface area contributed by atoms with Crippen LogP contribution >= 0.6 is 11.6 Å². The summed E-state index contributed by atoms with van der Waals surface area (Å²) in [6.45, 7) is 5.63. The Morgan fingerprint density at radius 3 is 2.38 bits per heavy atom. The number of amides is 2. The van der Waals surface area contributed by atoms with Crippen LogP contribution in [0.25, 0.3) is 0 Å². The van der Waals surface area contributed by atoms with Gasteiger partial charge >= 0.3 is 6.09 Å². The Bertz CT molecular complexity index is 795. The standard InChI is InChI=1S/C19H22ClN3O3/c1-4-26-19(25)23-16-11-7-10-15(12(16)2)21-13(3)18(24)22-17-9-6-5-8-14(17)20/h5-11,13,21H,4H2,1-3H3,(H,22,24)(H,23,25). The molecule has 6 nitrogen and oxygen atoms in total. The molecule has 0 aromatic heterocycles. The molecule has 2 amide bonds. The van der Waals surface area contributed by atoms with Crippen molar-refractivity contribution in [3.8, 4) is 0 Å². The molecule has 2 aromatic carbocycles. The molecular weight excluding hydrogens is 354 g/mol. The summed E-state index contributed by atoms with van der Waals surface area (Å²) in [4.78, 5) is 24.0. The number of nitrogens with one attached hydrogen (secondary N) is 3. The highest BCUT2D eigenvalue weighted by molar-refractivity contribution is 6.33. The summed E-state index contributed by atoms with van der Waals surface area (Å²) in [6, 6.07) is 11.9. The minimum Gasteiger partial charge on any atom is -0.450 e. The molecule has 0 aliphatic rings. The zero-order valence-electron chi connectivity index (χ0n) is 14.9. The van der Waals surface area contributed by atoms with Crippen LogP contribution in [0.4, 0.5) is 21.9 Å². The van der Waals surface area contributed by atoms with Gasteiger partial charge in [-0.05, 0) is 50.6 Å². The highest BCUT2D eigenvalue weighted by atomic mass is 35.5. The van der Waals surface area contributed by atoms with E-state index in [1.54, 1.807) is 50.2 Å². The topological polar surface area (TPSA) is 79.5 Å². The second kappa shape index (κ2) is 9.10. The summed E-state index contributed by atoms with van der Waals surface area (Å²) >= 11 is 6.07. The van der Waals surface area contributed by atoms with Crippen LogP contribution in [0, 0.1) is 6.92 Å². The highest BCUT2D eigenvalue weighted by Gasteiger charge is 2.16. The lowest BCUT2D eigenvalue weighted by atomic mass is 10.1. The molecule has 0 saturated carbocycles. The van der Waals surface area contributed by atoms with Crippen molar-refractivity contribution in [2.45, 2.75) is 26.8 Å². The van der Waals surface area contributed by atoms with Crippen LogP contribution in [-0.2, 0) is 9.53 Å². The molecule has 1 unspecified atom stereocenters. The Morgan fingerprint density at radius 2 is 1.69 bits per heavy atom. The van der Waals surface area contributed by atoms with Crippen molar-refractivity contribution in [3.05, 3.63) is 53.1 Å². The summed E-state index contributed by atoms with van der Waals surface area (Å²) < 4.78 is 4.89. The maximum Gasteiger partial charge on any atom is 0.411 e. The van der Waals surface area contributed by atoms with Crippen molar-refractivity contribution in [1.29, 1.82) is 0 Å². The Hall–Kier alpha value is -2.73. The van der Waals surface area contributed by atoms with Gasteiger partial charge in [0.2, 0.25) is 5.91 Å². The molecule has 0 spiro atoms. The molecule has 26 heavy (non-hydrogen) atoms. The van der Waals surface area contributed by atoms with Crippen LogP contribution in [0.15, 0.2) is 42.5 Å². The van der Waals surface area contributed by atoms with Gasteiger partial charge in [0.15, 0.2) is 0 Å². The van der Waals surface area contributed by atoms with Gasteiger partial charge in [-0.15, -0.1) is 0 Å². The molecular formula is C19H22ClN3O3. The van der Waals surface area contributed by atoms with E-state index in [9.17, 15) is 9.59 Å². The number of ether oxygens (including phenoxy) is 1. The lowest BCUT2D eigenvalue weighted by molar-refractivity contribution is -0.116. The van der Waals surface area contributed by atoms with Crippen molar-refractivity contribution in [1.82, 2.24) is 0 Å². The van der Waals surface area contributed by atoms with Gasteiger partial charge in [-0.3, -0.25) is 10.1 Å². The predicted molar refractivity (Wildman–Crippen MR) is 105 cm³/mol. The number of halogens is 1. The summed E-state index contributed by atoms with van der Waals surface area (Å²) in [7, 11) is 0. The van der Waals surface area contributed by atoms with E-state index >= 15 is 0 Å². The number of hydrogen-bond donors (Lipinski definition) is 3. The lowest BCUT2D eigenvalue weighted by Gasteiger charge is -2.19. The average Bonchev–Trinajstić information content (AvgIpc) is 2.60. The molecule has 0 fully saturated rings. The number of hydrogen-bond acceptors (Lipinski definition) is 4. The quantitative estimate of drug-likeness (QED) is 0.686. The number of anilines is 3. The van der Waals surface area contributed by atoms with Crippen molar-refractivity contribution in [2.75, 3.05) is 22.6 Å². The normalized spacial score (nSPS) is 11.4. The first-order chi connectivity index (χ1) is 12.4. The Balaban J connectivity index is 2.06. The molecule has 0 bridgehead atoms. The van der Waals surface area contributed by atoms with Gasteiger partial charge < -0.3 is 15.4 Å².